The van der Waals surface area contributed by atoms with E-state index >= 15 is 0 Å². The number of carbonyl (C=O) groups is 1. The van der Waals surface area contributed by atoms with E-state index in [9.17, 15) is 4.79 Å². The number of likely N-dealkylation sites (tertiary alicyclic amines) is 1. The third kappa shape index (κ3) is 2.71. The Morgan fingerprint density at radius 2 is 1.75 bits per heavy atom. The van der Waals surface area contributed by atoms with Crippen molar-refractivity contribution in [1.29, 1.82) is 0 Å². The molecule has 1 aromatic heterocycles. The van der Waals surface area contributed by atoms with Crippen LogP contribution in [0.15, 0.2) is 71.4 Å². The molecule has 24 heavy (non-hydrogen) atoms. The molecule has 2 heterocycles. The maximum Gasteiger partial charge on any atom is 0.259 e. The fourth-order valence-electron chi connectivity index (χ4n) is 3.30. The van der Waals surface area contributed by atoms with Crippen LogP contribution in [0.4, 0.5) is 0 Å². The quantitative estimate of drug-likeness (QED) is 0.734. The first kappa shape index (κ1) is 14.7. The molecule has 120 valence electrons. The first-order valence-electron chi connectivity index (χ1n) is 8.17. The van der Waals surface area contributed by atoms with E-state index in [-0.39, 0.29) is 5.91 Å². The number of amides is 1. The summed E-state index contributed by atoms with van der Waals surface area (Å²) in [5.41, 5.74) is 2.70. The highest BCUT2D eigenvalue weighted by Gasteiger charge is 2.30. The molecule has 4 nitrogen and oxygen atoms in total. The lowest BCUT2D eigenvalue weighted by atomic mass is 9.99. The minimum Gasteiger partial charge on any atom is -0.355 e. The van der Waals surface area contributed by atoms with Crippen molar-refractivity contribution in [3.05, 3.63) is 78.0 Å². The van der Waals surface area contributed by atoms with Gasteiger partial charge in [0.05, 0.1) is 6.20 Å². The monoisotopic (exact) mass is 318 g/mol. The van der Waals surface area contributed by atoms with Gasteiger partial charge in [0.15, 0.2) is 5.76 Å². The van der Waals surface area contributed by atoms with Crippen LogP contribution in [0.5, 0.6) is 0 Å². The molecule has 0 saturated carbocycles. The van der Waals surface area contributed by atoms with Gasteiger partial charge in [-0.15, -0.1) is 0 Å². The van der Waals surface area contributed by atoms with E-state index in [0.717, 1.165) is 25.1 Å². The summed E-state index contributed by atoms with van der Waals surface area (Å²) in [5.74, 6) is 0.937. The van der Waals surface area contributed by atoms with Crippen molar-refractivity contribution >= 4 is 5.91 Å². The second kappa shape index (κ2) is 6.32. The minimum atomic E-state index is -0.00599. The van der Waals surface area contributed by atoms with Gasteiger partial charge in [0.25, 0.3) is 5.91 Å². The fraction of sp³-hybridized carbons (Fsp3) is 0.200. The number of hydrogen-bond donors (Lipinski definition) is 0. The van der Waals surface area contributed by atoms with Gasteiger partial charge < -0.3 is 9.42 Å². The zero-order chi connectivity index (χ0) is 16.4. The molecule has 1 atom stereocenters. The van der Waals surface area contributed by atoms with Crippen molar-refractivity contribution in [2.24, 2.45) is 0 Å². The van der Waals surface area contributed by atoms with Gasteiger partial charge in [-0.2, -0.15) is 0 Å². The van der Waals surface area contributed by atoms with Gasteiger partial charge in [0.1, 0.15) is 5.56 Å². The Bertz CT molecular complexity index is 827. The number of nitrogens with zero attached hydrogens (tertiary/aromatic N) is 2. The first-order chi connectivity index (χ1) is 11.8. The standard InChI is InChI=1S/C20H18N2O2/c23-20(18-13-21-24-19(18)16-9-5-2-6-10-16)22-12-11-17(14-22)15-7-3-1-4-8-15/h1-10,13,17H,11-12,14H2. The van der Waals surface area contributed by atoms with E-state index in [2.05, 4.69) is 17.3 Å². The van der Waals surface area contributed by atoms with Crippen molar-refractivity contribution in [2.75, 3.05) is 13.1 Å². The molecule has 0 aliphatic carbocycles. The first-order valence-corrected chi connectivity index (χ1v) is 8.17. The van der Waals surface area contributed by atoms with E-state index in [1.54, 1.807) is 0 Å². The third-order valence-electron chi connectivity index (χ3n) is 4.58. The predicted molar refractivity (Wildman–Crippen MR) is 91.6 cm³/mol. The van der Waals surface area contributed by atoms with Gasteiger partial charge in [0.2, 0.25) is 0 Å². The molecule has 1 aliphatic rings. The van der Waals surface area contributed by atoms with E-state index in [0.29, 0.717) is 17.2 Å². The molecule has 0 radical (unpaired) electrons. The van der Waals surface area contributed by atoms with Gasteiger partial charge in [-0.25, -0.2) is 0 Å². The van der Waals surface area contributed by atoms with Gasteiger partial charge in [0, 0.05) is 24.6 Å². The number of benzene rings is 2. The Labute approximate surface area is 140 Å². The Hall–Kier alpha value is -2.88. The zero-order valence-electron chi connectivity index (χ0n) is 13.3. The summed E-state index contributed by atoms with van der Waals surface area (Å²) >= 11 is 0. The summed E-state index contributed by atoms with van der Waals surface area (Å²) in [7, 11) is 0. The van der Waals surface area contributed by atoms with Crippen LogP contribution in [0.25, 0.3) is 11.3 Å². The molecule has 1 amide bonds. The lowest BCUT2D eigenvalue weighted by Gasteiger charge is -2.16. The molecule has 0 bridgehead atoms. The van der Waals surface area contributed by atoms with Crippen LogP contribution >= 0.6 is 0 Å². The second-order valence-corrected chi connectivity index (χ2v) is 6.08. The summed E-state index contributed by atoms with van der Waals surface area (Å²) in [6.07, 6.45) is 2.52. The molecule has 3 aromatic rings. The van der Waals surface area contributed by atoms with Crippen molar-refractivity contribution in [2.45, 2.75) is 12.3 Å². The normalized spacial score (nSPS) is 17.2. The lowest BCUT2D eigenvalue weighted by Crippen LogP contribution is -2.28. The lowest BCUT2D eigenvalue weighted by molar-refractivity contribution is 0.0791. The van der Waals surface area contributed by atoms with E-state index in [1.165, 1.54) is 11.8 Å². The molecule has 1 unspecified atom stereocenters. The average molecular weight is 318 g/mol. The van der Waals surface area contributed by atoms with Crippen molar-refractivity contribution in [3.63, 3.8) is 0 Å². The Balaban J connectivity index is 1.55. The maximum absolute atomic E-state index is 12.9. The topological polar surface area (TPSA) is 46.3 Å². The van der Waals surface area contributed by atoms with Crippen molar-refractivity contribution < 1.29 is 9.32 Å². The highest BCUT2D eigenvalue weighted by molar-refractivity contribution is 5.99. The largest absolute Gasteiger partial charge is 0.355 e. The Morgan fingerprint density at radius 1 is 1.04 bits per heavy atom. The maximum atomic E-state index is 12.9. The molecule has 1 saturated heterocycles. The van der Waals surface area contributed by atoms with Crippen LogP contribution in [0.1, 0.15) is 28.3 Å². The van der Waals surface area contributed by atoms with Crippen LogP contribution in [0.3, 0.4) is 0 Å². The number of hydrogen-bond acceptors (Lipinski definition) is 3. The van der Waals surface area contributed by atoms with Crippen molar-refractivity contribution in [1.82, 2.24) is 10.1 Å². The molecule has 1 aliphatic heterocycles. The van der Waals surface area contributed by atoms with Crippen LogP contribution in [0, 0.1) is 0 Å². The van der Waals surface area contributed by atoms with E-state index in [4.69, 9.17) is 4.52 Å². The molecule has 1 fully saturated rings. The SMILES string of the molecule is O=C(c1cnoc1-c1ccccc1)N1CCC(c2ccccc2)C1. The molecular formula is C20H18N2O2. The summed E-state index contributed by atoms with van der Waals surface area (Å²) in [6, 6.07) is 20.0. The van der Waals surface area contributed by atoms with Crippen LogP contribution in [0.2, 0.25) is 0 Å². The van der Waals surface area contributed by atoms with Crippen LogP contribution in [-0.4, -0.2) is 29.1 Å². The number of aromatic nitrogens is 1. The minimum absolute atomic E-state index is 0.00599. The third-order valence-corrected chi connectivity index (χ3v) is 4.58. The fourth-order valence-corrected chi connectivity index (χ4v) is 3.30. The highest BCUT2D eigenvalue weighted by atomic mass is 16.5. The van der Waals surface area contributed by atoms with Gasteiger partial charge in [-0.1, -0.05) is 65.8 Å². The summed E-state index contributed by atoms with van der Waals surface area (Å²) < 4.78 is 5.35. The second-order valence-electron chi connectivity index (χ2n) is 6.08. The molecular weight excluding hydrogens is 300 g/mol. The van der Waals surface area contributed by atoms with Crippen LogP contribution in [-0.2, 0) is 0 Å². The van der Waals surface area contributed by atoms with Crippen LogP contribution < -0.4 is 0 Å². The molecule has 4 rings (SSSR count). The summed E-state index contributed by atoms with van der Waals surface area (Å²) in [6.45, 7) is 1.50. The Kier molecular flexibility index (Phi) is 3.87. The van der Waals surface area contributed by atoms with Crippen molar-refractivity contribution in [3.8, 4) is 11.3 Å². The van der Waals surface area contributed by atoms with E-state index < -0.39 is 0 Å². The Morgan fingerprint density at radius 3 is 2.50 bits per heavy atom. The predicted octanol–water partition coefficient (Wildman–Crippen LogP) is 3.97. The van der Waals surface area contributed by atoms with E-state index in [1.807, 2.05) is 53.4 Å². The summed E-state index contributed by atoms with van der Waals surface area (Å²) in [5, 5.41) is 3.85. The van der Waals surface area contributed by atoms with Gasteiger partial charge in [-0.05, 0) is 12.0 Å². The average Bonchev–Trinajstić information content (AvgIpc) is 3.32. The van der Waals surface area contributed by atoms with Gasteiger partial charge in [-0.3, -0.25) is 4.79 Å². The summed E-state index contributed by atoms with van der Waals surface area (Å²) in [4.78, 5) is 14.8. The molecule has 4 heteroatoms. The van der Waals surface area contributed by atoms with Gasteiger partial charge >= 0.3 is 0 Å². The number of rotatable bonds is 3. The smallest absolute Gasteiger partial charge is 0.259 e. The zero-order valence-corrected chi connectivity index (χ0v) is 13.3. The highest BCUT2D eigenvalue weighted by Crippen LogP contribution is 2.30. The molecule has 0 N–H and O–H groups in total. The molecule has 0 spiro atoms. The number of carbonyl (C=O) groups excluding carboxylic acids is 1. The molecule has 2 aromatic carbocycles.